The molecule has 2 rings (SSSR count). The minimum atomic E-state index is -1.78. The molecule has 364 valence electrons. The van der Waals surface area contributed by atoms with Crippen LogP contribution in [-0.2, 0) is 23.7 Å². The molecule has 2 saturated heterocycles. The van der Waals surface area contributed by atoms with Crippen molar-refractivity contribution in [2.24, 2.45) is 0 Å². The molecule has 0 aromatic rings. The van der Waals surface area contributed by atoms with Gasteiger partial charge in [-0.25, -0.2) is 0 Å². The van der Waals surface area contributed by atoms with Crippen molar-refractivity contribution < 1.29 is 64.6 Å². The maximum atomic E-state index is 13.0. The highest BCUT2D eigenvalue weighted by atomic mass is 16.7. The molecule has 2 heterocycles. The maximum Gasteiger partial charge on any atom is 0.220 e. The number of ether oxygens (including phenoxy) is 4. The Morgan fingerprint density at radius 1 is 0.565 bits per heavy atom. The lowest BCUT2D eigenvalue weighted by Crippen LogP contribution is -2.65. The fourth-order valence-corrected chi connectivity index (χ4v) is 8.06. The predicted molar refractivity (Wildman–Crippen MR) is 240 cm³/mol. The molecule has 0 aromatic heterocycles. The van der Waals surface area contributed by atoms with Crippen molar-refractivity contribution in [3.8, 4) is 0 Å². The van der Waals surface area contributed by atoms with Gasteiger partial charge in [-0.1, -0.05) is 160 Å². The molecule has 0 bridgehead atoms. The van der Waals surface area contributed by atoms with Crippen molar-refractivity contribution in [2.45, 2.75) is 254 Å². The molecule has 14 heteroatoms. The average molecular weight is 888 g/mol. The Hall–Kier alpha value is -1.53. The van der Waals surface area contributed by atoms with Crippen LogP contribution in [0, 0.1) is 0 Å². The van der Waals surface area contributed by atoms with Crippen molar-refractivity contribution in [3.05, 3.63) is 24.3 Å². The summed E-state index contributed by atoms with van der Waals surface area (Å²) in [5.41, 5.74) is 0. The van der Waals surface area contributed by atoms with Crippen molar-refractivity contribution in [1.82, 2.24) is 5.32 Å². The first kappa shape index (κ1) is 56.6. The zero-order valence-corrected chi connectivity index (χ0v) is 38.4. The Labute approximate surface area is 373 Å². The molecule has 1 amide bonds. The Morgan fingerprint density at radius 2 is 1.05 bits per heavy atom. The standard InChI is InChI=1S/C48H89NO13/c1-3-5-7-8-9-10-11-12-13-14-15-16-17-18-19-20-21-22-23-24-25-26-27-28-30-32-40(53)49-36(37(52)31-29-6-4-2)35-59-47-45(58)43(56)46(39(34-51)61-47)62-48-44(57)42(55)41(54)38(33-50)60-48/h14-15,29,31,36-39,41-48,50-52,54-58H,3-13,16-28,30,32-35H2,1-2H3,(H,49,53)/b15-14-,31-29+. The number of hydrogen-bond acceptors (Lipinski definition) is 13. The van der Waals surface area contributed by atoms with E-state index in [0.717, 1.165) is 32.1 Å². The van der Waals surface area contributed by atoms with Gasteiger partial charge in [0.15, 0.2) is 12.6 Å². The Balaban J connectivity index is 1.61. The highest BCUT2D eigenvalue weighted by molar-refractivity contribution is 5.76. The molecule has 0 aliphatic carbocycles. The first-order valence-corrected chi connectivity index (χ1v) is 24.6. The second-order valence-electron chi connectivity index (χ2n) is 17.6. The topological polar surface area (TPSA) is 228 Å². The molecule has 0 aromatic carbocycles. The van der Waals surface area contributed by atoms with E-state index in [1.807, 2.05) is 13.0 Å². The molecule has 2 fully saturated rings. The first-order chi connectivity index (χ1) is 30.1. The number of hydrogen-bond donors (Lipinski definition) is 9. The number of carbonyl (C=O) groups excluding carboxylic acids is 1. The van der Waals surface area contributed by atoms with Crippen molar-refractivity contribution in [2.75, 3.05) is 19.8 Å². The number of nitrogens with one attached hydrogen (secondary N) is 1. The summed E-state index contributed by atoms with van der Waals surface area (Å²) in [6.45, 7) is 2.55. The summed E-state index contributed by atoms with van der Waals surface area (Å²) >= 11 is 0. The summed E-state index contributed by atoms with van der Waals surface area (Å²) in [5.74, 6) is -0.251. The Kier molecular flexibility index (Phi) is 32.6. The lowest BCUT2D eigenvalue weighted by molar-refractivity contribution is -0.359. The Bertz CT molecular complexity index is 1140. The van der Waals surface area contributed by atoms with Crippen LogP contribution in [0.15, 0.2) is 24.3 Å². The van der Waals surface area contributed by atoms with E-state index in [-0.39, 0.29) is 18.9 Å². The average Bonchev–Trinajstić information content (AvgIpc) is 3.27. The zero-order chi connectivity index (χ0) is 45.4. The van der Waals surface area contributed by atoms with Crippen LogP contribution in [0.1, 0.15) is 181 Å². The van der Waals surface area contributed by atoms with Gasteiger partial charge in [0.2, 0.25) is 5.91 Å². The molecular weight excluding hydrogens is 799 g/mol. The summed E-state index contributed by atoms with van der Waals surface area (Å²) < 4.78 is 22.4. The van der Waals surface area contributed by atoms with Crippen LogP contribution in [0.4, 0.5) is 0 Å². The maximum absolute atomic E-state index is 13.0. The van der Waals surface area contributed by atoms with Gasteiger partial charge in [0, 0.05) is 6.42 Å². The lowest BCUT2D eigenvalue weighted by atomic mass is 9.97. The molecule has 14 nitrogen and oxygen atoms in total. The van der Waals surface area contributed by atoms with Crippen LogP contribution < -0.4 is 5.32 Å². The van der Waals surface area contributed by atoms with E-state index in [0.29, 0.717) is 6.42 Å². The molecule has 9 N–H and O–H groups in total. The van der Waals surface area contributed by atoms with E-state index >= 15 is 0 Å². The quantitative estimate of drug-likeness (QED) is 0.0267. The van der Waals surface area contributed by atoms with Gasteiger partial charge in [-0.05, 0) is 38.5 Å². The van der Waals surface area contributed by atoms with Gasteiger partial charge < -0.3 is 65.1 Å². The highest BCUT2D eigenvalue weighted by Gasteiger charge is 2.51. The van der Waals surface area contributed by atoms with Crippen molar-refractivity contribution >= 4 is 5.91 Å². The van der Waals surface area contributed by atoms with Crippen LogP contribution >= 0.6 is 0 Å². The van der Waals surface area contributed by atoms with Gasteiger partial charge in [0.05, 0.1) is 32.0 Å². The molecule has 12 unspecified atom stereocenters. The van der Waals surface area contributed by atoms with E-state index in [9.17, 15) is 45.6 Å². The molecule has 2 aliphatic rings. The van der Waals surface area contributed by atoms with E-state index in [1.165, 1.54) is 122 Å². The van der Waals surface area contributed by atoms with Crippen LogP contribution in [-0.4, -0.2) is 140 Å². The summed E-state index contributed by atoms with van der Waals surface area (Å²) in [5, 5.41) is 85.8. The normalized spacial score (nSPS) is 27.9. The van der Waals surface area contributed by atoms with Crippen LogP contribution in [0.3, 0.4) is 0 Å². The SMILES string of the molecule is CCC/C=C/C(O)C(COC1OC(CO)C(OC2OC(CO)C(O)C(O)C2O)C(O)C1O)NC(=O)CCCCCCCCCCCCCCC/C=C\CCCCCCCCCC. The van der Waals surface area contributed by atoms with Gasteiger partial charge in [0.1, 0.15) is 48.8 Å². The predicted octanol–water partition coefficient (Wildman–Crippen LogP) is 5.77. The van der Waals surface area contributed by atoms with E-state index < -0.39 is 86.8 Å². The first-order valence-electron chi connectivity index (χ1n) is 24.6. The minimum Gasteiger partial charge on any atom is -0.394 e. The smallest absolute Gasteiger partial charge is 0.220 e. The minimum absolute atomic E-state index is 0.251. The summed E-state index contributed by atoms with van der Waals surface area (Å²) in [4.78, 5) is 13.0. The molecule has 2 aliphatic heterocycles. The monoisotopic (exact) mass is 888 g/mol. The number of aliphatic hydroxyl groups excluding tert-OH is 8. The molecule has 12 atom stereocenters. The number of unbranched alkanes of at least 4 members (excludes halogenated alkanes) is 22. The molecule has 62 heavy (non-hydrogen) atoms. The van der Waals surface area contributed by atoms with Crippen molar-refractivity contribution in [3.63, 3.8) is 0 Å². The second kappa shape index (κ2) is 35.7. The summed E-state index contributed by atoms with van der Waals surface area (Å²) in [6, 6.07) is -0.907. The van der Waals surface area contributed by atoms with Gasteiger partial charge in [0.25, 0.3) is 0 Å². The van der Waals surface area contributed by atoms with Crippen LogP contribution in [0.5, 0.6) is 0 Å². The highest BCUT2D eigenvalue weighted by Crippen LogP contribution is 2.30. The third kappa shape index (κ3) is 23.1. The second-order valence-corrected chi connectivity index (χ2v) is 17.6. The molecular formula is C48H89NO13. The largest absolute Gasteiger partial charge is 0.394 e. The third-order valence-electron chi connectivity index (χ3n) is 12.1. The van der Waals surface area contributed by atoms with Gasteiger partial charge in [-0.15, -0.1) is 0 Å². The van der Waals surface area contributed by atoms with Gasteiger partial charge in [-0.3, -0.25) is 4.79 Å². The lowest BCUT2D eigenvalue weighted by Gasteiger charge is -2.46. The molecule has 0 saturated carbocycles. The summed E-state index contributed by atoms with van der Waals surface area (Å²) in [6.07, 6.45) is 22.1. The third-order valence-corrected chi connectivity index (χ3v) is 12.1. The van der Waals surface area contributed by atoms with Gasteiger partial charge in [-0.2, -0.15) is 0 Å². The molecule has 0 spiro atoms. The number of allylic oxidation sites excluding steroid dienone is 3. The zero-order valence-electron chi connectivity index (χ0n) is 38.4. The van der Waals surface area contributed by atoms with Crippen LogP contribution in [0.25, 0.3) is 0 Å². The fraction of sp³-hybridized carbons (Fsp3) is 0.896. The fourth-order valence-electron chi connectivity index (χ4n) is 8.06. The Morgan fingerprint density at radius 3 is 1.56 bits per heavy atom. The van der Waals surface area contributed by atoms with E-state index in [4.69, 9.17) is 18.9 Å². The molecule has 0 radical (unpaired) electrons. The number of aliphatic hydroxyl groups is 8. The van der Waals surface area contributed by atoms with E-state index in [2.05, 4.69) is 24.4 Å². The summed E-state index contributed by atoms with van der Waals surface area (Å²) in [7, 11) is 0. The van der Waals surface area contributed by atoms with Gasteiger partial charge >= 0.3 is 0 Å². The number of rotatable bonds is 37. The van der Waals surface area contributed by atoms with Crippen LogP contribution in [0.2, 0.25) is 0 Å². The number of amides is 1. The number of carbonyl (C=O) groups is 1. The van der Waals surface area contributed by atoms with Crippen molar-refractivity contribution in [1.29, 1.82) is 0 Å². The van der Waals surface area contributed by atoms with E-state index in [1.54, 1.807) is 6.08 Å².